The van der Waals surface area contributed by atoms with Gasteiger partial charge in [-0.15, -0.1) is 12.4 Å². The number of nitrogens with one attached hydrogen (secondary N) is 4. The van der Waals surface area contributed by atoms with Crippen LogP contribution in [-0.2, 0) is 26.5 Å². The number of rotatable bonds is 7. The highest BCUT2D eigenvalue weighted by atomic mass is 35.5. The fraction of sp³-hybridized carbons (Fsp3) is 0.444. The van der Waals surface area contributed by atoms with Gasteiger partial charge in [0.1, 0.15) is 5.54 Å². The van der Waals surface area contributed by atoms with Gasteiger partial charge in [-0.1, -0.05) is 38.1 Å². The van der Waals surface area contributed by atoms with Crippen LogP contribution in [0.25, 0.3) is 0 Å². The predicted molar refractivity (Wildman–Crippen MR) is 105 cm³/mol. The van der Waals surface area contributed by atoms with Gasteiger partial charge in [-0.3, -0.25) is 19.7 Å². The Labute approximate surface area is 169 Å². The van der Waals surface area contributed by atoms with E-state index in [-0.39, 0.29) is 43.2 Å². The van der Waals surface area contributed by atoms with E-state index in [4.69, 9.17) is 5.73 Å². The van der Waals surface area contributed by atoms with Gasteiger partial charge in [-0.05, 0) is 24.0 Å². The van der Waals surface area contributed by atoms with Crippen molar-refractivity contribution in [1.82, 2.24) is 21.3 Å². The van der Waals surface area contributed by atoms with Crippen LogP contribution < -0.4 is 27.0 Å². The van der Waals surface area contributed by atoms with Crippen molar-refractivity contribution in [2.45, 2.75) is 38.9 Å². The highest BCUT2D eigenvalue weighted by Crippen LogP contribution is 2.24. The molecular weight excluding hydrogens is 386 g/mol. The van der Waals surface area contributed by atoms with Crippen molar-refractivity contribution in [3.05, 3.63) is 35.4 Å². The smallest absolute Gasteiger partial charge is 0.322 e. The fourth-order valence-corrected chi connectivity index (χ4v) is 2.55. The zero-order valence-electron chi connectivity index (χ0n) is 16.0. The second-order valence-electron chi connectivity index (χ2n) is 6.99. The monoisotopic (exact) mass is 411 g/mol. The molecule has 1 saturated heterocycles. The minimum Gasteiger partial charge on any atom is -0.350 e. The molecule has 0 saturated carbocycles. The van der Waals surface area contributed by atoms with E-state index in [0.29, 0.717) is 5.56 Å². The summed E-state index contributed by atoms with van der Waals surface area (Å²) in [6, 6.07) is 5.77. The molecule has 1 aromatic rings. The van der Waals surface area contributed by atoms with Gasteiger partial charge in [0.05, 0.1) is 12.6 Å². The fourth-order valence-electron chi connectivity index (χ4n) is 2.55. The largest absolute Gasteiger partial charge is 0.350 e. The van der Waals surface area contributed by atoms with Crippen molar-refractivity contribution in [3.8, 4) is 0 Å². The first-order valence-electron chi connectivity index (χ1n) is 8.66. The summed E-state index contributed by atoms with van der Waals surface area (Å²) in [4.78, 5) is 46.9. The summed E-state index contributed by atoms with van der Waals surface area (Å²) in [5.74, 6) is -1.13. The van der Waals surface area contributed by atoms with Crippen LogP contribution in [-0.4, -0.2) is 36.3 Å². The molecule has 0 spiro atoms. The molecule has 2 rings (SSSR count). The molecule has 5 amide bonds. The topological polar surface area (TPSA) is 142 Å². The SMILES string of the molecule is CC(C)[C@H](N)C(=O)NCC(=O)NCc1ccc(C2(C)NC(=O)NC2=O)cc1.Cl. The third-order valence-electron chi connectivity index (χ3n) is 4.51. The number of hydrogen-bond donors (Lipinski definition) is 5. The van der Waals surface area contributed by atoms with E-state index in [9.17, 15) is 19.2 Å². The Hall–Kier alpha value is -2.65. The number of nitrogens with two attached hydrogens (primary N) is 1. The van der Waals surface area contributed by atoms with Crippen LogP contribution in [0.2, 0.25) is 0 Å². The summed E-state index contributed by atoms with van der Waals surface area (Å²) in [5, 5.41) is 9.99. The molecule has 1 unspecified atom stereocenters. The summed E-state index contributed by atoms with van der Waals surface area (Å²) in [7, 11) is 0. The maximum absolute atomic E-state index is 11.9. The van der Waals surface area contributed by atoms with E-state index in [1.807, 2.05) is 13.8 Å². The number of urea groups is 1. The second-order valence-corrected chi connectivity index (χ2v) is 6.99. The summed E-state index contributed by atoms with van der Waals surface area (Å²) in [6.07, 6.45) is 0. The van der Waals surface area contributed by atoms with Crippen LogP contribution in [0, 0.1) is 5.92 Å². The van der Waals surface area contributed by atoms with Crippen LogP contribution in [0.15, 0.2) is 24.3 Å². The second kappa shape index (κ2) is 9.52. The normalized spacial score (nSPS) is 19.3. The quantitative estimate of drug-likeness (QED) is 0.397. The molecule has 6 N–H and O–H groups in total. The average Bonchev–Trinajstić information content (AvgIpc) is 2.90. The Bertz CT molecular complexity index is 753. The van der Waals surface area contributed by atoms with E-state index in [0.717, 1.165) is 5.56 Å². The van der Waals surface area contributed by atoms with Gasteiger partial charge in [0.25, 0.3) is 5.91 Å². The molecule has 1 aliphatic rings. The Morgan fingerprint density at radius 2 is 1.75 bits per heavy atom. The molecule has 1 fully saturated rings. The molecule has 28 heavy (non-hydrogen) atoms. The van der Waals surface area contributed by atoms with Gasteiger partial charge >= 0.3 is 6.03 Å². The minimum atomic E-state index is -1.11. The molecule has 0 radical (unpaired) electrons. The number of carbonyl (C=O) groups is 4. The molecule has 0 bridgehead atoms. The molecule has 0 aromatic heterocycles. The van der Waals surface area contributed by atoms with Gasteiger partial charge in [0, 0.05) is 6.54 Å². The minimum absolute atomic E-state index is 0. The maximum Gasteiger partial charge on any atom is 0.322 e. The van der Waals surface area contributed by atoms with Crippen molar-refractivity contribution in [2.75, 3.05) is 6.54 Å². The van der Waals surface area contributed by atoms with E-state index in [1.165, 1.54) is 0 Å². The Morgan fingerprint density at radius 1 is 1.14 bits per heavy atom. The van der Waals surface area contributed by atoms with E-state index < -0.39 is 23.5 Å². The van der Waals surface area contributed by atoms with Crippen molar-refractivity contribution in [1.29, 1.82) is 0 Å². The molecule has 9 nitrogen and oxygen atoms in total. The zero-order chi connectivity index (χ0) is 20.2. The Kier molecular flexibility index (Phi) is 7.95. The van der Waals surface area contributed by atoms with Crippen LogP contribution in [0.5, 0.6) is 0 Å². The van der Waals surface area contributed by atoms with Crippen LogP contribution in [0.3, 0.4) is 0 Å². The number of amides is 5. The summed E-state index contributed by atoms with van der Waals surface area (Å²) >= 11 is 0. The van der Waals surface area contributed by atoms with Gasteiger partial charge < -0.3 is 21.7 Å². The molecule has 2 atom stereocenters. The van der Waals surface area contributed by atoms with Crippen LogP contribution >= 0.6 is 12.4 Å². The standard InChI is InChI=1S/C18H25N5O4.ClH/c1-10(2)14(19)15(25)21-9-13(24)20-8-11-4-6-12(7-5-11)18(3)16(26)22-17(27)23-18;/h4-7,10,14H,8-9,19H2,1-3H3,(H,20,24)(H,21,25)(H2,22,23,26,27);1H/t14-,18?;/m0./s1. The Balaban J connectivity index is 0.00000392. The third kappa shape index (κ3) is 5.43. The number of halogens is 1. The lowest BCUT2D eigenvalue weighted by molar-refractivity contribution is -0.127. The Morgan fingerprint density at radius 3 is 2.25 bits per heavy atom. The van der Waals surface area contributed by atoms with Crippen LogP contribution in [0.4, 0.5) is 4.79 Å². The highest BCUT2D eigenvalue weighted by Gasteiger charge is 2.43. The number of hydrogen-bond acceptors (Lipinski definition) is 5. The number of benzene rings is 1. The summed E-state index contributed by atoms with van der Waals surface area (Å²) in [6.45, 7) is 5.39. The number of carbonyl (C=O) groups excluding carboxylic acids is 4. The predicted octanol–water partition coefficient (Wildman–Crippen LogP) is -0.121. The molecule has 1 aliphatic heterocycles. The first kappa shape index (κ1) is 23.4. The van der Waals surface area contributed by atoms with E-state index in [2.05, 4.69) is 21.3 Å². The molecule has 10 heteroatoms. The molecule has 0 aliphatic carbocycles. The maximum atomic E-state index is 11.9. The first-order valence-corrected chi connectivity index (χ1v) is 8.66. The zero-order valence-corrected chi connectivity index (χ0v) is 16.8. The van der Waals surface area contributed by atoms with Gasteiger partial charge in [0.15, 0.2) is 0 Å². The molecule has 1 heterocycles. The first-order chi connectivity index (χ1) is 12.6. The summed E-state index contributed by atoms with van der Waals surface area (Å²) in [5.41, 5.74) is 6.04. The van der Waals surface area contributed by atoms with Gasteiger partial charge in [0.2, 0.25) is 11.8 Å². The molecule has 154 valence electrons. The molecule has 1 aromatic carbocycles. The summed E-state index contributed by atoms with van der Waals surface area (Å²) < 4.78 is 0. The van der Waals surface area contributed by atoms with E-state index in [1.54, 1.807) is 31.2 Å². The molecular formula is C18H26ClN5O4. The lowest BCUT2D eigenvalue weighted by atomic mass is 9.91. The lowest BCUT2D eigenvalue weighted by Gasteiger charge is -2.21. The van der Waals surface area contributed by atoms with Gasteiger partial charge in [-0.2, -0.15) is 0 Å². The van der Waals surface area contributed by atoms with Crippen molar-refractivity contribution in [2.24, 2.45) is 11.7 Å². The number of imide groups is 1. The van der Waals surface area contributed by atoms with Crippen molar-refractivity contribution in [3.63, 3.8) is 0 Å². The van der Waals surface area contributed by atoms with E-state index >= 15 is 0 Å². The van der Waals surface area contributed by atoms with Crippen molar-refractivity contribution < 1.29 is 19.2 Å². The van der Waals surface area contributed by atoms with Crippen LogP contribution in [0.1, 0.15) is 31.9 Å². The lowest BCUT2D eigenvalue weighted by Crippen LogP contribution is -2.47. The van der Waals surface area contributed by atoms with Gasteiger partial charge in [-0.25, -0.2) is 4.79 Å². The highest BCUT2D eigenvalue weighted by molar-refractivity contribution is 6.07. The average molecular weight is 412 g/mol. The third-order valence-corrected chi connectivity index (χ3v) is 4.51. The van der Waals surface area contributed by atoms with Crippen molar-refractivity contribution >= 4 is 36.2 Å².